The predicted molar refractivity (Wildman–Crippen MR) is 115 cm³/mol. The maximum atomic E-state index is 12.1. The fourth-order valence-electron chi connectivity index (χ4n) is 2.68. The Morgan fingerprint density at radius 2 is 1.48 bits per heavy atom. The van der Waals surface area contributed by atoms with Crippen LogP contribution in [0.4, 0.5) is 0 Å². The highest BCUT2D eigenvalue weighted by atomic mass is 35.5. The van der Waals surface area contributed by atoms with Crippen molar-refractivity contribution in [3.05, 3.63) is 29.3 Å². The van der Waals surface area contributed by atoms with E-state index in [1.54, 1.807) is 19.1 Å². The number of unbranched alkanes of at least 4 members (excludes halogenated alkanes) is 7. The first-order chi connectivity index (χ1) is 12.9. The first-order valence-corrected chi connectivity index (χ1v) is 12.0. The van der Waals surface area contributed by atoms with E-state index in [9.17, 15) is 9.00 Å². The number of halogens is 3. The Morgan fingerprint density at radius 1 is 0.963 bits per heavy atom. The van der Waals surface area contributed by atoms with Crippen LogP contribution in [0.25, 0.3) is 0 Å². The van der Waals surface area contributed by atoms with Crippen molar-refractivity contribution in [1.29, 1.82) is 0 Å². The fourth-order valence-corrected chi connectivity index (χ4v) is 4.33. The topological polar surface area (TPSA) is 43.4 Å². The van der Waals surface area contributed by atoms with Gasteiger partial charge in [-0.25, -0.2) is 4.79 Å². The monoisotopic (exact) mass is 454 g/mol. The predicted octanol–water partition coefficient (Wildman–Crippen LogP) is 6.70. The molecular formula is C20H29Cl3O3S. The average Bonchev–Trinajstić information content (AvgIpc) is 2.63. The molecule has 0 aliphatic carbocycles. The molecule has 0 bridgehead atoms. The highest BCUT2D eigenvalue weighted by Crippen LogP contribution is 2.29. The maximum Gasteiger partial charge on any atom is 0.342 e. The van der Waals surface area contributed by atoms with E-state index in [4.69, 9.17) is 39.5 Å². The Bertz CT molecular complexity index is 576. The van der Waals surface area contributed by atoms with Gasteiger partial charge in [0.05, 0.1) is 17.4 Å². The van der Waals surface area contributed by atoms with E-state index in [0.717, 1.165) is 49.8 Å². The van der Waals surface area contributed by atoms with E-state index in [1.807, 2.05) is 12.1 Å². The minimum Gasteiger partial charge on any atom is -0.464 e. The second-order valence-electron chi connectivity index (χ2n) is 6.51. The number of benzene rings is 1. The van der Waals surface area contributed by atoms with E-state index in [-0.39, 0.29) is 6.61 Å². The van der Waals surface area contributed by atoms with E-state index in [0.29, 0.717) is 17.2 Å². The van der Waals surface area contributed by atoms with Gasteiger partial charge in [-0.15, -0.1) is 0 Å². The Morgan fingerprint density at radius 3 is 2.04 bits per heavy atom. The molecule has 1 atom stereocenters. The van der Waals surface area contributed by atoms with Gasteiger partial charge in [0.25, 0.3) is 0 Å². The second kappa shape index (κ2) is 13.8. The molecule has 0 N–H and O–H groups in total. The third-order valence-electron chi connectivity index (χ3n) is 4.22. The molecule has 1 aromatic rings. The van der Waals surface area contributed by atoms with Gasteiger partial charge < -0.3 is 4.74 Å². The van der Waals surface area contributed by atoms with Gasteiger partial charge in [-0.2, -0.15) is 0 Å². The molecule has 1 aromatic carbocycles. The van der Waals surface area contributed by atoms with Crippen LogP contribution in [0, 0.1) is 0 Å². The van der Waals surface area contributed by atoms with Crippen molar-refractivity contribution < 1.29 is 13.7 Å². The van der Waals surface area contributed by atoms with Crippen LogP contribution < -0.4 is 0 Å². The number of carbonyl (C=O) groups excluding carboxylic acids is 1. The first kappa shape index (κ1) is 24.7. The summed E-state index contributed by atoms with van der Waals surface area (Å²) in [5, 5.41) is 0.666. The molecule has 0 heterocycles. The molecule has 154 valence electrons. The fraction of sp³-hybridized carbons (Fsp3) is 0.650. The van der Waals surface area contributed by atoms with Crippen molar-refractivity contribution in [3.8, 4) is 0 Å². The largest absolute Gasteiger partial charge is 0.464 e. The van der Waals surface area contributed by atoms with Gasteiger partial charge in [0, 0.05) is 15.7 Å². The van der Waals surface area contributed by atoms with Crippen LogP contribution in [0.3, 0.4) is 0 Å². The van der Waals surface area contributed by atoms with Gasteiger partial charge in [-0.1, -0.05) is 73.3 Å². The van der Waals surface area contributed by atoms with Crippen molar-refractivity contribution >= 4 is 51.6 Å². The number of esters is 1. The normalized spacial score (nSPS) is 12.7. The van der Waals surface area contributed by atoms with Gasteiger partial charge in [-0.3, -0.25) is 4.21 Å². The lowest BCUT2D eigenvalue weighted by Crippen LogP contribution is -2.28. The summed E-state index contributed by atoms with van der Waals surface area (Å²) in [5.41, 5.74) is 0. The van der Waals surface area contributed by atoms with Crippen LogP contribution in [0.2, 0.25) is 5.02 Å². The molecule has 7 heteroatoms. The minimum absolute atomic E-state index is 0.285. The van der Waals surface area contributed by atoms with Crippen LogP contribution >= 0.6 is 34.8 Å². The Labute approximate surface area is 180 Å². The zero-order chi connectivity index (χ0) is 20.1. The number of hydrogen-bond acceptors (Lipinski definition) is 3. The van der Waals surface area contributed by atoms with Crippen molar-refractivity contribution in [2.24, 2.45) is 0 Å². The molecule has 0 saturated heterocycles. The molecule has 1 unspecified atom stereocenters. The molecule has 0 aliphatic heterocycles. The summed E-state index contributed by atoms with van der Waals surface area (Å²) >= 11 is 17.8. The Balaban J connectivity index is 1.99. The van der Waals surface area contributed by atoms with Crippen molar-refractivity contribution in [3.63, 3.8) is 0 Å². The van der Waals surface area contributed by atoms with Gasteiger partial charge in [-0.05, 0) is 50.5 Å². The Hall–Kier alpha value is -0.290. The zero-order valence-electron chi connectivity index (χ0n) is 15.9. The number of alkyl halides is 2. The van der Waals surface area contributed by atoms with Crippen LogP contribution in [0.1, 0.15) is 64.7 Å². The minimum atomic E-state index is -1.42. The quantitative estimate of drug-likeness (QED) is 0.178. The van der Waals surface area contributed by atoms with E-state index in [1.165, 1.54) is 6.42 Å². The molecule has 0 aromatic heterocycles. The van der Waals surface area contributed by atoms with Crippen molar-refractivity contribution in [2.45, 2.75) is 73.9 Å². The second-order valence-corrected chi connectivity index (χ2v) is 10.00. The maximum absolute atomic E-state index is 12.1. The third-order valence-corrected chi connectivity index (χ3v) is 6.62. The van der Waals surface area contributed by atoms with Crippen molar-refractivity contribution in [1.82, 2.24) is 0 Å². The highest BCUT2D eigenvalue weighted by molar-refractivity contribution is 7.85. The summed E-state index contributed by atoms with van der Waals surface area (Å²) in [6.07, 6.45) is 8.86. The lowest BCUT2D eigenvalue weighted by atomic mass is 10.1. The lowest BCUT2D eigenvalue weighted by Gasteiger charge is -2.17. The van der Waals surface area contributed by atoms with E-state index in [2.05, 4.69) is 0 Å². The number of carbonyl (C=O) groups is 1. The molecule has 1 rings (SSSR count). The molecule has 0 amide bonds. The van der Waals surface area contributed by atoms with Crippen LogP contribution in [-0.4, -0.2) is 26.9 Å². The third kappa shape index (κ3) is 10.7. The Kier molecular flexibility index (Phi) is 12.7. The number of rotatable bonds is 14. The lowest BCUT2D eigenvalue weighted by molar-refractivity contribution is -0.144. The van der Waals surface area contributed by atoms with E-state index >= 15 is 0 Å². The van der Waals surface area contributed by atoms with E-state index < -0.39 is 21.1 Å². The van der Waals surface area contributed by atoms with Crippen LogP contribution in [0.5, 0.6) is 0 Å². The summed E-state index contributed by atoms with van der Waals surface area (Å²) in [5.74, 6) is 0.146. The molecule has 0 fully saturated rings. The van der Waals surface area contributed by atoms with Gasteiger partial charge >= 0.3 is 5.97 Å². The summed E-state index contributed by atoms with van der Waals surface area (Å²) in [6, 6.07) is 7.22. The average molecular weight is 456 g/mol. The first-order valence-electron chi connectivity index (χ1n) is 9.56. The summed E-state index contributed by atoms with van der Waals surface area (Å²) < 4.78 is 15.6. The number of ether oxygens (including phenoxy) is 1. The van der Waals surface area contributed by atoms with Gasteiger partial charge in [0.15, 0.2) is 0 Å². The number of hydrogen-bond donors (Lipinski definition) is 0. The molecule has 0 saturated carbocycles. The van der Waals surface area contributed by atoms with Crippen LogP contribution in [-0.2, 0) is 20.3 Å². The molecular weight excluding hydrogens is 427 g/mol. The molecule has 3 nitrogen and oxygen atoms in total. The summed E-state index contributed by atoms with van der Waals surface area (Å²) in [4.78, 5) is 12.4. The highest BCUT2D eigenvalue weighted by Gasteiger charge is 2.34. The summed E-state index contributed by atoms with van der Waals surface area (Å²) in [6.45, 7) is 2.02. The smallest absolute Gasteiger partial charge is 0.342 e. The van der Waals surface area contributed by atoms with Gasteiger partial charge in [0.1, 0.15) is 0 Å². The standard InChI is InChI=1S/C20H29Cl3O3S/c1-2-26-19(24)20(22,23)15-9-7-5-3-4-6-8-10-16-27(25)18-13-11-17(21)12-14-18/h11-14H,2-10,15-16H2,1H3. The van der Waals surface area contributed by atoms with Crippen molar-refractivity contribution in [2.75, 3.05) is 12.4 Å². The molecule has 27 heavy (non-hydrogen) atoms. The summed E-state index contributed by atoms with van der Waals surface area (Å²) in [7, 11) is -0.939. The SMILES string of the molecule is CCOC(=O)C(Cl)(Cl)CCCCCCCCCCS(=O)c1ccc(Cl)cc1. The zero-order valence-corrected chi connectivity index (χ0v) is 18.9. The van der Waals surface area contributed by atoms with Crippen LogP contribution in [0.15, 0.2) is 29.2 Å². The molecule has 0 aliphatic rings. The molecule has 0 radical (unpaired) electrons. The molecule has 0 spiro atoms. The van der Waals surface area contributed by atoms with Gasteiger partial charge in [0.2, 0.25) is 4.33 Å².